The molecule has 4 rings (SSSR count). The van der Waals surface area contributed by atoms with Crippen LogP contribution in [0.25, 0.3) is 10.9 Å². The van der Waals surface area contributed by atoms with Gasteiger partial charge in [-0.3, -0.25) is 4.98 Å². The highest BCUT2D eigenvalue weighted by molar-refractivity contribution is 7.98. The Bertz CT molecular complexity index is 947. The van der Waals surface area contributed by atoms with Gasteiger partial charge in [-0.15, -0.1) is 0 Å². The van der Waals surface area contributed by atoms with E-state index in [0.29, 0.717) is 17.4 Å². The monoisotopic (exact) mass is 353 g/mol. The van der Waals surface area contributed by atoms with Crippen molar-refractivity contribution in [2.24, 2.45) is 0 Å². The van der Waals surface area contributed by atoms with E-state index in [1.165, 1.54) is 20.0 Å². The van der Waals surface area contributed by atoms with E-state index in [0.717, 1.165) is 27.3 Å². The summed E-state index contributed by atoms with van der Waals surface area (Å²) in [4.78, 5) is 21.5. The summed E-state index contributed by atoms with van der Waals surface area (Å²) in [7, 11) is 1.41. The van der Waals surface area contributed by atoms with E-state index >= 15 is 0 Å². The van der Waals surface area contributed by atoms with Gasteiger partial charge in [-0.25, -0.2) is 9.78 Å². The van der Waals surface area contributed by atoms with Crippen LogP contribution < -0.4 is 0 Å². The number of aryl methyl sites for hydroxylation is 1. The number of hydrogen-bond donors (Lipinski definition) is 0. The predicted octanol–water partition coefficient (Wildman–Crippen LogP) is 4.15. The fraction of sp³-hybridized carbons (Fsp3) is 0.316. The topological polar surface area (TPSA) is 57.0 Å². The summed E-state index contributed by atoms with van der Waals surface area (Å²) in [6.07, 6.45) is 6.29. The summed E-state index contributed by atoms with van der Waals surface area (Å²) in [5.74, 6) is 0.247. The van der Waals surface area contributed by atoms with Crippen LogP contribution in [-0.4, -0.2) is 27.6 Å². The first kappa shape index (κ1) is 16.1. The van der Waals surface area contributed by atoms with Gasteiger partial charge in [0.1, 0.15) is 0 Å². The van der Waals surface area contributed by atoms with Gasteiger partial charge in [0, 0.05) is 29.6 Å². The van der Waals surface area contributed by atoms with Crippen LogP contribution in [0.1, 0.15) is 40.5 Å². The predicted molar refractivity (Wildman–Crippen MR) is 97.9 cm³/mol. The number of methoxy groups -OCH3 is 1. The summed E-state index contributed by atoms with van der Waals surface area (Å²) < 4.78 is 7.23. The smallest absolute Gasteiger partial charge is 0.340 e. The molecule has 1 saturated carbocycles. The Labute approximate surface area is 150 Å². The van der Waals surface area contributed by atoms with E-state index in [-0.39, 0.29) is 5.97 Å². The third kappa shape index (κ3) is 3.02. The van der Waals surface area contributed by atoms with E-state index in [1.54, 1.807) is 11.8 Å². The zero-order valence-corrected chi connectivity index (χ0v) is 15.0. The van der Waals surface area contributed by atoms with E-state index in [4.69, 9.17) is 9.72 Å². The number of aromatic nitrogens is 3. The Hall–Kier alpha value is -2.34. The minimum atomic E-state index is -0.336. The SMILES string of the molecule is COC(=O)c1c(CSc2nccn2C2CC2)nc2ccccc2c1C. The molecular formula is C19H19N3O2S. The molecule has 0 spiro atoms. The number of esters is 1. The van der Waals surface area contributed by atoms with Crippen molar-refractivity contribution in [2.75, 3.05) is 7.11 Å². The number of para-hydroxylation sites is 1. The molecule has 0 N–H and O–H groups in total. The quantitative estimate of drug-likeness (QED) is 0.509. The molecule has 0 radical (unpaired) electrons. The van der Waals surface area contributed by atoms with Gasteiger partial charge in [0.25, 0.3) is 0 Å². The highest BCUT2D eigenvalue weighted by Crippen LogP contribution is 2.38. The third-order valence-electron chi connectivity index (χ3n) is 4.53. The molecule has 0 saturated heterocycles. The van der Waals surface area contributed by atoms with E-state index in [1.807, 2.05) is 43.6 Å². The number of carbonyl (C=O) groups excluding carboxylic acids is 1. The lowest BCUT2D eigenvalue weighted by molar-refractivity contribution is 0.0598. The van der Waals surface area contributed by atoms with Crippen LogP contribution in [0.5, 0.6) is 0 Å². The van der Waals surface area contributed by atoms with Gasteiger partial charge in [0.05, 0.1) is 23.9 Å². The largest absolute Gasteiger partial charge is 0.465 e. The number of benzene rings is 1. The summed E-state index contributed by atoms with van der Waals surface area (Å²) in [5.41, 5.74) is 3.13. The number of thioether (sulfide) groups is 1. The Balaban J connectivity index is 1.72. The number of carbonyl (C=O) groups is 1. The first-order chi connectivity index (χ1) is 12.2. The van der Waals surface area contributed by atoms with Crippen molar-refractivity contribution in [2.45, 2.75) is 36.7 Å². The molecule has 5 nitrogen and oxygen atoms in total. The Kier molecular flexibility index (Phi) is 4.21. The maximum Gasteiger partial charge on any atom is 0.340 e. The van der Waals surface area contributed by atoms with Crippen molar-refractivity contribution in [1.82, 2.24) is 14.5 Å². The first-order valence-electron chi connectivity index (χ1n) is 8.31. The Morgan fingerprint density at radius 3 is 2.92 bits per heavy atom. The van der Waals surface area contributed by atoms with Gasteiger partial charge in [-0.05, 0) is 31.4 Å². The molecule has 1 fully saturated rings. The molecule has 0 atom stereocenters. The normalized spacial score (nSPS) is 14.0. The number of fused-ring (bicyclic) bond motifs is 1. The number of pyridine rings is 1. The summed E-state index contributed by atoms with van der Waals surface area (Å²) in [6, 6.07) is 8.46. The summed E-state index contributed by atoms with van der Waals surface area (Å²) >= 11 is 1.62. The Morgan fingerprint density at radius 2 is 2.16 bits per heavy atom. The van der Waals surface area contributed by atoms with Crippen LogP contribution >= 0.6 is 11.8 Å². The minimum absolute atomic E-state index is 0.336. The number of rotatable bonds is 5. The van der Waals surface area contributed by atoms with Gasteiger partial charge in [0.15, 0.2) is 5.16 Å². The average molecular weight is 353 g/mol. The fourth-order valence-electron chi connectivity index (χ4n) is 3.09. The molecule has 0 unspecified atom stereocenters. The van der Waals surface area contributed by atoms with Crippen molar-refractivity contribution in [3.63, 3.8) is 0 Å². The van der Waals surface area contributed by atoms with Gasteiger partial charge in [0.2, 0.25) is 0 Å². The van der Waals surface area contributed by atoms with Crippen LogP contribution in [-0.2, 0) is 10.5 Å². The van der Waals surface area contributed by atoms with E-state index in [9.17, 15) is 4.79 Å². The van der Waals surface area contributed by atoms with Crippen LogP contribution in [0.4, 0.5) is 0 Å². The molecule has 6 heteroatoms. The van der Waals surface area contributed by atoms with Crippen molar-refractivity contribution in [3.8, 4) is 0 Å². The molecule has 2 aromatic heterocycles. The molecule has 2 heterocycles. The number of imidazole rings is 1. The minimum Gasteiger partial charge on any atom is -0.465 e. The van der Waals surface area contributed by atoms with Crippen molar-refractivity contribution in [1.29, 1.82) is 0 Å². The number of ether oxygens (including phenoxy) is 1. The lowest BCUT2D eigenvalue weighted by Crippen LogP contribution is -2.10. The third-order valence-corrected chi connectivity index (χ3v) is 5.52. The highest BCUT2D eigenvalue weighted by atomic mass is 32.2. The van der Waals surface area contributed by atoms with Crippen molar-refractivity contribution < 1.29 is 9.53 Å². The van der Waals surface area contributed by atoms with Crippen molar-refractivity contribution in [3.05, 3.63) is 53.5 Å². The van der Waals surface area contributed by atoms with Crippen LogP contribution in [0.15, 0.2) is 41.8 Å². The average Bonchev–Trinajstić information content (AvgIpc) is 3.37. The molecular weight excluding hydrogens is 334 g/mol. The molecule has 1 aliphatic rings. The van der Waals surface area contributed by atoms with Crippen LogP contribution in [0.2, 0.25) is 0 Å². The molecule has 1 aliphatic carbocycles. The van der Waals surface area contributed by atoms with Gasteiger partial charge in [-0.1, -0.05) is 30.0 Å². The zero-order valence-electron chi connectivity index (χ0n) is 14.2. The first-order valence-corrected chi connectivity index (χ1v) is 9.29. The zero-order chi connectivity index (χ0) is 17.4. The molecule has 128 valence electrons. The van der Waals surface area contributed by atoms with E-state index < -0.39 is 0 Å². The van der Waals surface area contributed by atoms with Gasteiger partial charge in [-0.2, -0.15) is 0 Å². The molecule has 0 amide bonds. The molecule has 25 heavy (non-hydrogen) atoms. The molecule has 0 aliphatic heterocycles. The van der Waals surface area contributed by atoms with E-state index in [2.05, 4.69) is 9.55 Å². The lowest BCUT2D eigenvalue weighted by atomic mass is 10.0. The molecule has 3 aromatic rings. The maximum absolute atomic E-state index is 12.4. The van der Waals surface area contributed by atoms with Crippen LogP contribution in [0, 0.1) is 6.92 Å². The number of nitrogens with zero attached hydrogens (tertiary/aromatic N) is 3. The van der Waals surface area contributed by atoms with Crippen LogP contribution in [0.3, 0.4) is 0 Å². The molecule has 1 aromatic carbocycles. The number of hydrogen-bond acceptors (Lipinski definition) is 5. The lowest BCUT2D eigenvalue weighted by Gasteiger charge is -2.13. The van der Waals surface area contributed by atoms with Gasteiger partial charge < -0.3 is 9.30 Å². The summed E-state index contributed by atoms with van der Waals surface area (Å²) in [6.45, 7) is 1.95. The highest BCUT2D eigenvalue weighted by Gasteiger charge is 2.26. The second-order valence-corrected chi connectivity index (χ2v) is 7.15. The maximum atomic E-state index is 12.4. The van der Waals surface area contributed by atoms with Gasteiger partial charge >= 0.3 is 5.97 Å². The Morgan fingerprint density at radius 1 is 1.36 bits per heavy atom. The summed E-state index contributed by atoms with van der Waals surface area (Å²) in [5, 5.41) is 1.96. The second kappa shape index (κ2) is 6.52. The van der Waals surface area contributed by atoms with Crippen molar-refractivity contribution >= 4 is 28.6 Å². The second-order valence-electron chi connectivity index (χ2n) is 6.20. The fourth-order valence-corrected chi connectivity index (χ4v) is 4.06. The molecule has 0 bridgehead atoms. The standard InChI is InChI=1S/C19H19N3O2S/c1-12-14-5-3-4-6-15(14)21-16(17(12)18(23)24-2)11-25-19-20-9-10-22(19)13-7-8-13/h3-6,9-10,13H,7-8,11H2,1-2H3.